The van der Waals surface area contributed by atoms with E-state index in [1.54, 1.807) is 11.3 Å². The fourth-order valence-corrected chi connectivity index (χ4v) is 4.78. The summed E-state index contributed by atoms with van der Waals surface area (Å²) in [6.45, 7) is 3.68. The summed E-state index contributed by atoms with van der Waals surface area (Å²) in [5, 5.41) is 2.12. The molecule has 1 aromatic carbocycles. The molecule has 3 saturated heterocycles. The molecule has 0 radical (unpaired) electrons. The van der Waals surface area contributed by atoms with Gasteiger partial charge >= 0.3 is 0 Å². The molecule has 4 aliphatic rings. The summed E-state index contributed by atoms with van der Waals surface area (Å²) in [5.41, 5.74) is 4.17. The van der Waals surface area contributed by atoms with E-state index in [1.165, 1.54) is 31.6 Å². The lowest BCUT2D eigenvalue weighted by Crippen LogP contribution is -2.58. The Balaban J connectivity index is 1.57. The number of piperidine rings is 3. The molecule has 2 atom stereocenters. The van der Waals surface area contributed by atoms with Gasteiger partial charge in [-0.3, -0.25) is 0 Å². The number of ether oxygens (including phenoxy) is 1. The summed E-state index contributed by atoms with van der Waals surface area (Å²) in [7, 11) is 0. The zero-order valence-corrected chi connectivity index (χ0v) is 13.2. The molecule has 2 aromatic rings. The van der Waals surface area contributed by atoms with E-state index in [0.717, 1.165) is 23.9 Å². The number of aromatic nitrogens is 1. The molecular formula is C17H19N3OS. The molecule has 6 rings (SSSR count). The maximum atomic E-state index is 6.28. The van der Waals surface area contributed by atoms with Crippen molar-refractivity contribution in [2.45, 2.75) is 25.1 Å². The van der Waals surface area contributed by atoms with E-state index in [-0.39, 0.29) is 6.23 Å². The van der Waals surface area contributed by atoms with Crippen LogP contribution in [0.2, 0.25) is 0 Å². The van der Waals surface area contributed by atoms with Crippen molar-refractivity contribution in [3.63, 3.8) is 0 Å². The van der Waals surface area contributed by atoms with E-state index in [1.807, 2.05) is 5.51 Å². The number of hydrogen-bond acceptors (Lipinski definition) is 5. The van der Waals surface area contributed by atoms with Gasteiger partial charge in [0.1, 0.15) is 11.4 Å². The summed E-state index contributed by atoms with van der Waals surface area (Å²) in [6.07, 6.45) is 2.56. The Kier molecular flexibility index (Phi) is 2.91. The van der Waals surface area contributed by atoms with E-state index >= 15 is 0 Å². The maximum absolute atomic E-state index is 6.28. The van der Waals surface area contributed by atoms with Crippen LogP contribution in [0.1, 0.15) is 24.8 Å². The fourth-order valence-electron chi connectivity index (χ4n) is 4.22. The molecule has 4 nitrogen and oxygen atoms in total. The molecule has 0 N–H and O–H groups in total. The Morgan fingerprint density at radius 3 is 2.77 bits per heavy atom. The fraction of sp³-hybridized carbons (Fsp3) is 0.471. The normalized spacial score (nSPS) is 32.8. The molecule has 3 fully saturated rings. The Morgan fingerprint density at radius 2 is 2.05 bits per heavy atom. The standard InChI is InChI=1S/C17H19N3OS/c1-2-4-16-14(3-1)20(17(21-16)13-10-22-11-18-13)15-9-19-7-5-12(15)6-8-19/h1-4,10-12,15,17H,5-9H2/t15?,17-/m0/s1. The first-order chi connectivity index (χ1) is 10.9. The third-order valence-corrected chi connectivity index (χ3v) is 5.92. The first-order valence-electron chi connectivity index (χ1n) is 8.04. The van der Waals surface area contributed by atoms with Gasteiger partial charge in [-0.25, -0.2) is 4.98 Å². The van der Waals surface area contributed by atoms with Crippen molar-refractivity contribution in [2.24, 2.45) is 5.92 Å². The highest BCUT2D eigenvalue weighted by atomic mass is 32.1. The minimum Gasteiger partial charge on any atom is -0.462 e. The van der Waals surface area contributed by atoms with Crippen LogP contribution in [-0.4, -0.2) is 35.6 Å². The van der Waals surface area contributed by atoms with Gasteiger partial charge < -0.3 is 14.5 Å². The number of benzene rings is 1. The maximum Gasteiger partial charge on any atom is 0.217 e. The number of para-hydroxylation sites is 2. The summed E-state index contributed by atoms with van der Waals surface area (Å²) in [4.78, 5) is 9.63. The van der Waals surface area contributed by atoms with Gasteiger partial charge in [0.2, 0.25) is 6.23 Å². The second kappa shape index (κ2) is 4.96. The molecule has 2 bridgehead atoms. The second-order valence-electron chi connectivity index (χ2n) is 6.46. The molecular weight excluding hydrogens is 294 g/mol. The van der Waals surface area contributed by atoms with Crippen molar-refractivity contribution in [3.8, 4) is 5.75 Å². The molecule has 0 spiro atoms. The molecule has 0 aliphatic carbocycles. The number of nitrogens with zero attached hydrogens (tertiary/aromatic N) is 3. The van der Waals surface area contributed by atoms with Crippen LogP contribution in [0.25, 0.3) is 0 Å². The number of fused-ring (bicyclic) bond motifs is 4. The Bertz CT molecular complexity index is 666. The number of rotatable bonds is 2. The first kappa shape index (κ1) is 12.9. The minimum atomic E-state index is -0.0609. The molecule has 22 heavy (non-hydrogen) atoms. The molecule has 1 aromatic heterocycles. The quantitative estimate of drug-likeness (QED) is 0.851. The van der Waals surface area contributed by atoms with Crippen molar-refractivity contribution < 1.29 is 4.74 Å². The molecule has 1 unspecified atom stereocenters. The number of hydrogen-bond donors (Lipinski definition) is 0. The van der Waals surface area contributed by atoms with Crippen molar-refractivity contribution in [1.29, 1.82) is 0 Å². The van der Waals surface area contributed by atoms with Gasteiger partial charge in [-0.15, -0.1) is 11.3 Å². The predicted molar refractivity (Wildman–Crippen MR) is 87.4 cm³/mol. The van der Waals surface area contributed by atoms with Crippen LogP contribution in [0.3, 0.4) is 0 Å². The van der Waals surface area contributed by atoms with Crippen LogP contribution in [0.5, 0.6) is 5.75 Å². The van der Waals surface area contributed by atoms with E-state index in [2.05, 4.69) is 44.4 Å². The van der Waals surface area contributed by atoms with Crippen LogP contribution in [-0.2, 0) is 0 Å². The third kappa shape index (κ3) is 1.88. The smallest absolute Gasteiger partial charge is 0.217 e. The molecule has 0 amide bonds. The van der Waals surface area contributed by atoms with Gasteiger partial charge in [0.25, 0.3) is 0 Å². The summed E-state index contributed by atoms with van der Waals surface area (Å²) >= 11 is 1.64. The highest BCUT2D eigenvalue weighted by Crippen LogP contribution is 2.47. The van der Waals surface area contributed by atoms with Crippen LogP contribution in [0.15, 0.2) is 35.2 Å². The lowest BCUT2D eigenvalue weighted by Gasteiger charge is -2.49. The largest absolute Gasteiger partial charge is 0.462 e. The monoisotopic (exact) mass is 313 g/mol. The van der Waals surface area contributed by atoms with Gasteiger partial charge in [-0.2, -0.15) is 0 Å². The first-order valence-corrected chi connectivity index (χ1v) is 8.99. The number of anilines is 1. The van der Waals surface area contributed by atoms with E-state index in [0.29, 0.717) is 6.04 Å². The zero-order chi connectivity index (χ0) is 14.5. The minimum absolute atomic E-state index is 0.0609. The van der Waals surface area contributed by atoms with Crippen molar-refractivity contribution in [1.82, 2.24) is 9.88 Å². The van der Waals surface area contributed by atoms with Crippen LogP contribution < -0.4 is 9.64 Å². The van der Waals surface area contributed by atoms with Crippen molar-refractivity contribution in [3.05, 3.63) is 40.8 Å². The second-order valence-corrected chi connectivity index (χ2v) is 7.18. The molecule has 114 valence electrons. The highest BCUT2D eigenvalue weighted by Gasteiger charge is 2.44. The van der Waals surface area contributed by atoms with Gasteiger partial charge in [-0.1, -0.05) is 12.1 Å². The van der Waals surface area contributed by atoms with E-state index in [4.69, 9.17) is 4.74 Å². The van der Waals surface area contributed by atoms with Gasteiger partial charge in [0.15, 0.2) is 0 Å². The summed E-state index contributed by atoms with van der Waals surface area (Å²) in [6, 6.07) is 8.98. The topological polar surface area (TPSA) is 28.6 Å². The van der Waals surface area contributed by atoms with Crippen LogP contribution in [0.4, 0.5) is 5.69 Å². The van der Waals surface area contributed by atoms with E-state index < -0.39 is 0 Å². The lowest BCUT2D eigenvalue weighted by molar-refractivity contribution is 0.0694. The molecule has 0 saturated carbocycles. The predicted octanol–water partition coefficient (Wildman–Crippen LogP) is 3.13. The zero-order valence-electron chi connectivity index (χ0n) is 12.4. The average molecular weight is 313 g/mol. The van der Waals surface area contributed by atoms with Crippen LogP contribution in [0, 0.1) is 5.92 Å². The molecule has 5 heterocycles. The third-order valence-electron chi connectivity index (χ3n) is 5.32. The number of thiazole rings is 1. The highest BCUT2D eigenvalue weighted by molar-refractivity contribution is 7.07. The SMILES string of the molecule is c1ccc2c(c1)O[C@@H](c1cscn1)N2C1CN2CCC1CC2. The van der Waals surface area contributed by atoms with Crippen LogP contribution >= 0.6 is 11.3 Å². The van der Waals surface area contributed by atoms with Gasteiger partial charge in [0.05, 0.1) is 11.2 Å². The average Bonchev–Trinajstić information content (AvgIpc) is 3.23. The van der Waals surface area contributed by atoms with E-state index in [9.17, 15) is 0 Å². The molecule has 4 aliphatic heterocycles. The summed E-state index contributed by atoms with van der Waals surface area (Å²) in [5.74, 6) is 1.78. The Labute approximate surface area is 134 Å². The van der Waals surface area contributed by atoms with Crippen molar-refractivity contribution in [2.75, 3.05) is 24.5 Å². The Hall–Kier alpha value is -1.59. The summed E-state index contributed by atoms with van der Waals surface area (Å²) < 4.78 is 6.28. The molecule has 5 heteroatoms. The Morgan fingerprint density at radius 1 is 1.18 bits per heavy atom. The lowest BCUT2D eigenvalue weighted by atomic mass is 9.82. The van der Waals surface area contributed by atoms with Gasteiger partial charge in [0, 0.05) is 18.0 Å². The van der Waals surface area contributed by atoms with Gasteiger partial charge in [-0.05, 0) is 44.0 Å². The van der Waals surface area contributed by atoms with Crippen molar-refractivity contribution >= 4 is 17.0 Å².